The summed E-state index contributed by atoms with van der Waals surface area (Å²) in [5, 5.41) is 1.81. The molecule has 1 aliphatic carbocycles. The maximum atomic E-state index is 12.5. The molecule has 1 aliphatic rings. The second kappa shape index (κ2) is 6.56. The standard InChI is InChI=1S/C14H24N2O2S2/c1-10(2)12-5-3-4-6-13(12)16-20(17,18)14-7-11(8-15)9-19-14/h7,9-10,12-13,16H,3-6,8,15H2,1-2H3. The summed E-state index contributed by atoms with van der Waals surface area (Å²) in [7, 11) is -3.40. The molecule has 2 rings (SSSR count). The van der Waals surface area contributed by atoms with Crippen LogP contribution in [0.1, 0.15) is 45.1 Å². The number of nitrogens with two attached hydrogens (primary N) is 1. The van der Waals surface area contributed by atoms with Gasteiger partial charge < -0.3 is 5.73 Å². The molecule has 1 fully saturated rings. The molecular weight excluding hydrogens is 292 g/mol. The van der Waals surface area contributed by atoms with Crippen molar-refractivity contribution in [3.05, 3.63) is 17.0 Å². The van der Waals surface area contributed by atoms with Crippen molar-refractivity contribution in [3.63, 3.8) is 0 Å². The van der Waals surface area contributed by atoms with Gasteiger partial charge in [0.2, 0.25) is 10.0 Å². The summed E-state index contributed by atoms with van der Waals surface area (Å²) < 4.78 is 28.2. The zero-order valence-electron chi connectivity index (χ0n) is 12.1. The van der Waals surface area contributed by atoms with E-state index in [-0.39, 0.29) is 6.04 Å². The number of sulfonamides is 1. The van der Waals surface area contributed by atoms with Gasteiger partial charge in [0.1, 0.15) is 4.21 Å². The predicted molar refractivity (Wildman–Crippen MR) is 83.1 cm³/mol. The van der Waals surface area contributed by atoms with E-state index in [0.717, 1.165) is 24.8 Å². The Kier molecular flexibility index (Phi) is 5.23. The summed E-state index contributed by atoms with van der Waals surface area (Å²) in [6.45, 7) is 4.73. The molecule has 0 bridgehead atoms. The second-order valence-electron chi connectivity index (χ2n) is 5.90. The number of hydrogen-bond acceptors (Lipinski definition) is 4. The molecule has 6 heteroatoms. The van der Waals surface area contributed by atoms with Crippen molar-refractivity contribution in [1.82, 2.24) is 4.72 Å². The monoisotopic (exact) mass is 316 g/mol. The smallest absolute Gasteiger partial charge is 0.250 e. The molecule has 1 aromatic rings. The third kappa shape index (κ3) is 3.61. The van der Waals surface area contributed by atoms with Gasteiger partial charge >= 0.3 is 0 Å². The zero-order valence-corrected chi connectivity index (χ0v) is 13.8. The van der Waals surface area contributed by atoms with Crippen molar-refractivity contribution in [3.8, 4) is 0 Å². The Bertz CT molecular complexity index is 537. The highest BCUT2D eigenvalue weighted by Gasteiger charge is 2.31. The molecule has 20 heavy (non-hydrogen) atoms. The Morgan fingerprint density at radius 1 is 1.40 bits per heavy atom. The van der Waals surface area contributed by atoms with Crippen LogP contribution in [0.5, 0.6) is 0 Å². The van der Waals surface area contributed by atoms with Gasteiger partial charge in [0, 0.05) is 12.6 Å². The van der Waals surface area contributed by atoms with Crippen LogP contribution in [-0.4, -0.2) is 14.5 Å². The van der Waals surface area contributed by atoms with Crippen LogP contribution in [0.4, 0.5) is 0 Å². The van der Waals surface area contributed by atoms with Crippen molar-refractivity contribution < 1.29 is 8.42 Å². The van der Waals surface area contributed by atoms with E-state index in [1.54, 1.807) is 6.07 Å². The third-order valence-electron chi connectivity index (χ3n) is 4.11. The Morgan fingerprint density at radius 3 is 2.70 bits per heavy atom. The van der Waals surface area contributed by atoms with E-state index in [0.29, 0.717) is 22.6 Å². The molecular formula is C14H24N2O2S2. The van der Waals surface area contributed by atoms with E-state index in [4.69, 9.17) is 5.73 Å². The lowest BCUT2D eigenvalue weighted by Gasteiger charge is -2.34. The molecule has 1 heterocycles. The minimum atomic E-state index is -3.40. The maximum Gasteiger partial charge on any atom is 0.250 e. The minimum absolute atomic E-state index is 0.0668. The lowest BCUT2D eigenvalue weighted by Crippen LogP contribution is -2.43. The van der Waals surface area contributed by atoms with Crippen molar-refractivity contribution >= 4 is 21.4 Å². The van der Waals surface area contributed by atoms with Gasteiger partial charge in [0.05, 0.1) is 0 Å². The van der Waals surface area contributed by atoms with Crippen LogP contribution in [0.25, 0.3) is 0 Å². The van der Waals surface area contributed by atoms with E-state index < -0.39 is 10.0 Å². The van der Waals surface area contributed by atoms with Crippen molar-refractivity contribution in [2.45, 2.75) is 56.3 Å². The highest BCUT2D eigenvalue weighted by atomic mass is 32.2. The van der Waals surface area contributed by atoms with Crippen LogP contribution in [0.2, 0.25) is 0 Å². The quantitative estimate of drug-likeness (QED) is 0.877. The lowest BCUT2D eigenvalue weighted by molar-refractivity contribution is 0.226. The zero-order chi connectivity index (χ0) is 14.8. The van der Waals surface area contributed by atoms with Gasteiger partial charge in [0.25, 0.3) is 0 Å². The van der Waals surface area contributed by atoms with E-state index in [1.807, 2.05) is 5.38 Å². The predicted octanol–water partition coefficient (Wildman–Crippen LogP) is 2.70. The summed E-state index contributed by atoms with van der Waals surface area (Å²) in [5.74, 6) is 0.943. The Hall–Kier alpha value is -0.430. The average molecular weight is 316 g/mol. The van der Waals surface area contributed by atoms with Crippen molar-refractivity contribution in [1.29, 1.82) is 0 Å². The Morgan fingerprint density at radius 2 is 2.10 bits per heavy atom. The highest BCUT2D eigenvalue weighted by molar-refractivity contribution is 7.91. The second-order valence-corrected chi connectivity index (χ2v) is 8.75. The van der Waals surface area contributed by atoms with E-state index >= 15 is 0 Å². The van der Waals surface area contributed by atoms with Crippen LogP contribution in [0, 0.1) is 11.8 Å². The van der Waals surface area contributed by atoms with E-state index in [9.17, 15) is 8.42 Å². The fraction of sp³-hybridized carbons (Fsp3) is 0.714. The number of hydrogen-bond donors (Lipinski definition) is 2. The van der Waals surface area contributed by atoms with Crippen LogP contribution in [0.3, 0.4) is 0 Å². The lowest BCUT2D eigenvalue weighted by atomic mass is 9.78. The maximum absolute atomic E-state index is 12.5. The number of thiophene rings is 1. The summed E-state index contributed by atoms with van der Waals surface area (Å²) >= 11 is 1.25. The van der Waals surface area contributed by atoms with Crippen LogP contribution >= 0.6 is 11.3 Å². The topological polar surface area (TPSA) is 72.2 Å². The summed E-state index contributed by atoms with van der Waals surface area (Å²) in [5.41, 5.74) is 6.42. The van der Waals surface area contributed by atoms with Gasteiger partial charge in [-0.1, -0.05) is 26.7 Å². The van der Waals surface area contributed by atoms with Gasteiger partial charge in [-0.3, -0.25) is 0 Å². The largest absolute Gasteiger partial charge is 0.326 e. The molecule has 0 aromatic carbocycles. The van der Waals surface area contributed by atoms with E-state index in [1.165, 1.54) is 17.8 Å². The summed E-state index contributed by atoms with van der Waals surface area (Å²) in [4.78, 5) is 0. The fourth-order valence-corrected chi connectivity index (χ4v) is 5.52. The molecule has 0 amide bonds. The van der Waals surface area contributed by atoms with E-state index in [2.05, 4.69) is 18.6 Å². The molecule has 1 saturated carbocycles. The summed E-state index contributed by atoms with van der Waals surface area (Å²) in [6, 6.07) is 1.75. The van der Waals surface area contributed by atoms with Crippen LogP contribution in [0.15, 0.2) is 15.7 Å². The van der Waals surface area contributed by atoms with Crippen molar-refractivity contribution in [2.75, 3.05) is 0 Å². The van der Waals surface area contributed by atoms with Gasteiger partial charge in [-0.2, -0.15) is 0 Å². The highest BCUT2D eigenvalue weighted by Crippen LogP contribution is 2.31. The van der Waals surface area contributed by atoms with Crippen molar-refractivity contribution in [2.24, 2.45) is 17.6 Å². The molecule has 2 atom stereocenters. The Balaban J connectivity index is 2.14. The first-order valence-corrected chi connectivity index (χ1v) is 9.60. The molecule has 1 aromatic heterocycles. The number of rotatable bonds is 5. The molecule has 0 saturated heterocycles. The van der Waals surface area contributed by atoms with Crippen LogP contribution in [-0.2, 0) is 16.6 Å². The molecule has 2 unspecified atom stereocenters. The molecule has 3 N–H and O–H groups in total. The average Bonchev–Trinajstić information content (AvgIpc) is 2.88. The minimum Gasteiger partial charge on any atom is -0.326 e. The molecule has 0 spiro atoms. The molecule has 0 radical (unpaired) electrons. The fourth-order valence-electron chi connectivity index (χ4n) is 2.96. The first kappa shape index (κ1) is 15.9. The molecule has 4 nitrogen and oxygen atoms in total. The first-order valence-electron chi connectivity index (χ1n) is 7.24. The van der Waals surface area contributed by atoms with Gasteiger partial charge in [-0.15, -0.1) is 11.3 Å². The van der Waals surface area contributed by atoms with Gasteiger partial charge in [-0.05, 0) is 41.7 Å². The molecule has 0 aliphatic heterocycles. The normalized spacial score (nSPS) is 24.2. The SMILES string of the molecule is CC(C)C1CCCCC1NS(=O)(=O)c1cc(CN)cs1. The summed E-state index contributed by atoms with van der Waals surface area (Å²) in [6.07, 6.45) is 4.37. The van der Waals surface area contributed by atoms with Gasteiger partial charge in [-0.25, -0.2) is 13.1 Å². The third-order valence-corrected chi connectivity index (χ3v) is 7.09. The molecule has 114 valence electrons. The van der Waals surface area contributed by atoms with Crippen LogP contribution < -0.4 is 10.5 Å². The van der Waals surface area contributed by atoms with Gasteiger partial charge in [0.15, 0.2) is 0 Å². The Labute approximate surface area is 125 Å². The number of nitrogens with one attached hydrogen (secondary N) is 1. The first-order chi connectivity index (χ1) is 9.44.